The van der Waals surface area contributed by atoms with Crippen LogP contribution in [0.3, 0.4) is 0 Å². The Bertz CT molecular complexity index is 941. The van der Waals surface area contributed by atoms with Crippen LogP contribution in [0.25, 0.3) is 11.0 Å². The van der Waals surface area contributed by atoms with Crippen molar-refractivity contribution in [3.05, 3.63) is 65.4 Å². The molecule has 0 unspecified atom stereocenters. The molecule has 1 aromatic heterocycles. The minimum absolute atomic E-state index is 0.0716. The molecule has 1 aliphatic heterocycles. The highest BCUT2D eigenvalue weighted by molar-refractivity contribution is 6.04. The molecule has 1 N–H and O–H groups in total. The van der Waals surface area contributed by atoms with Gasteiger partial charge in [0.05, 0.1) is 0 Å². The fourth-order valence-electron chi connectivity index (χ4n) is 3.19. The number of hydrogen-bond donors (Lipinski definition) is 1. The second-order valence-corrected chi connectivity index (χ2v) is 6.28. The van der Waals surface area contributed by atoms with E-state index in [0.29, 0.717) is 17.8 Å². The molecule has 2 aromatic carbocycles. The van der Waals surface area contributed by atoms with Crippen molar-refractivity contribution < 1.29 is 14.0 Å². The Hall–Kier alpha value is -3.08. The van der Waals surface area contributed by atoms with Crippen LogP contribution in [0.5, 0.6) is 0 Å². The quantitative estimate of drug-likeness (QED) is 0.779. The number of carbonyl (C=O) groups is 2. The molecule has 0 bridgehead atoms. The molecule has 0 spiro atoms. The number of nitrogens with zero attached hydrogens (tertiary/aromatic N) is 1. The molecular formula is C20H18N2O3. The maximum Gasteiger partial charge on any atom is 0.291 e. The lowest BCUT2D eigenvalue weighted by Crippen LogP contribution is -2.34. The van der Waals surface area contributed by atoms with Crippen molar-refractivity contribution in [2.75, 3.05) is 11.9 Å². The predicted molar refractivity (Wildman–Crippen MR) is 95.4 cm³/mol. The zero-order chi connectivity index (χ0) is 17.4. The molecule has 0 aliphatic carbocycles. The smallest absolute Gasteiger partial charge is 0.291 e. The van der Waals surface area contributed by atoms with Crippen LogP contribution in [0, 0.1) is 0 Å². The van der Waals surface area contributed by atoms with E-state index in [1.54, 1.807) is 13.0 Å². The summed E-state index contributed by atoms with van der Waals surface area (Å²) in [4.78, 5) is 25.9. The molecule has 25 heavy (non-hydrogen) atoms. The number of carbonyl (C=O) groups excluding carboxylic acids is 2. The van der Waals surface area contributed by atoms with Crippen LogP contribution in [0.4, 0.5) is 5.69 Å². The summed E-state index contributed by atoms with van der Waals surface area (Å²) in [6, 6.07) is 15.1. The van der Waals surface area contributed by atoms with Crippen molar-refractivity contribution in [1.82, 2.24) is 4.90 Å². The Morgan fingerprint density at radius 1 is 1.08 bits per heavy atom. The number of para-hydroxylation sites is 1. The fraction of sp³-hybridized carbons (Fsp3) is 0.200. The number of fused-ring (bicyclic) bond motifs is 2. The molecule has 5 heteroatoms. The van der Waals surface area contributed by atoms with Gasteiger partial charge >= 0.3 is 0 Å². The van der Waals surface area contributed by atoms with Gasteiger partial charge in [0.1, 0.15) is 5.58 Å². The van der Waals surface area contributed by atoms with Gasteiger partial charge in [-0.15, -0.1) is 0 Å². The topological polar surface area (TPSA) is 62.6 Å². The molecule has 2 amide bonds. The maximum absolute atomic E-state index is 12.5. The molecule has 0 saturated carbocycles. The lowest BCUT2D eigenvalue weighted by Gasteiger charge is -2.28. The van der Waals surface area contributed by atoms with Crippen LogP contribution in [-0.4, -0.2) is 23.3 Å². The van der Waals surface area contributed by atoms with Crippen molar-refractivity contribution in [2.45, 2.75) is 19.9 Å². The Morgan fingerprint density at radius 2 is 1.92 bits per heavy atom. The van der Waals surface area contributed by atoms with Gasteiger partial charge in [-0.25, -0.2) is 0 Å². The predicted octanol–water partition coefficient (Wildman–Crippen LogP) is 3.59. The number of hydrogen-bond acceptors (Lipinski definition) is 3. The minimum atomic E-state index is -0.282. The SMILES string of the molecule is CC(=O)N1CCc2ccc(NC(=O)c3cc4ccccc4o3)cc2C1. The number of nitrogens with one attached hydrogen (secondary N) is 1. The summed E-state index contributed by atoms with van der Waals surface area (Å²) in [5.74, 6) is 0.0713. The van der Waals surface area contributed by atoms with Gasteiger partial charge in [-0.3, -0.25) is 9.59 Å². The first-order valence-corrected chi connectivity index (χ1v) is 8.27. The van der Waals surface area contributed by atoms with Gasteiger partial charge in [0.25, 0.3) is 5.91 Å². The standard InChI is InChI=1S/C20H18N2O3/c1-13(23)22-9-8-14-6-7-17(10-16(14)12-22)21-20(24)19-11-15-4-2-3-5-18(15)25-19/h2-7,10-11H,8-9,12H2,1H3,(H,21,24). The molecule has 5 nitrogen and oxygen atoms in total. The van der Waals surface area contributed by atoms with Crippen molar-refractivity contribution in [2.24, 2.45) is 0 Å². The maximum atomic E-state index is 12.5. The van der Waals surface area contributed by atoms with Crippen LogP contribution in [-0.2, 0) is 17.8 Å². The molecule has 0 fully saturated rings. The van der Waals surface area contributed by atoms with Gasteiger partial charge in [-0.05, 0) is 41.8 Å². The van der Waals surface area contributed by atoms with Gasteiger partial charge in [0, 0.05) is 31.1 Å². The highest BCUT2D eigenvalue weighted by Gasteiger charge is 2.19. The highest BCUT2D eigenvalue weighted by atomic mass is 16.3. The zero-order valence-electron chi connectivity index (χ0n) is 13.9. The van der Waals surface area contributed by atoms with Gasteiger partial charge < -0.3 is 14.6 Å². The first kappa shape index (κ1) is 15.4. The van der Waals surface area contributed by atoms with Gasteiger partial charge in [-0.2, -0.15) is 0 Å². The number of amides is 2. The lowest BCUT2D eigenvalue weighted by molar-refractivity contribution is -0.129. The third-order valence-electron chi connectivity index (χ3n) is 4.57. The number of benzene rings is 2. The molecule has 0 atom stereocenters. The van der Waals surface area contributed by atoms with Crippen LogP contribution < -0.4 is 5.32 Å². The van der Waals surface area contributed by atoms with Crippen LogP contribution in [0.2, 0.25) is 0 Å². The van der Waals surface area contributed by atoms with Crippen molar-refractivity contribution in [1.29, 1.82) is 0 Å². The molecular weight excluding hydrogens is 316 g/mol. The van der Waals surface area contributed by atoms with E-state index < -0.39 is 0 Å². The zero-order valence-corrected chi connectivity index (χ0v) is 13.9. The van der Waals surface area contributed by atoms with Gasteiger partial charge in [0.15, 0.2) is 5.76 Å². The molecule has 0 saturated heterocycles. The van der Waals surface area contributed by atoms with Gasteiger partial charge in [0.2, 0.25) is 5.91 Å². The van der Waals surface area contributed by atoms with Crippen molar-refractivity contribution >= 4 is 28.5 Å². The third kappa shape index (κ3) is 3.01. The third-order valence-corrected chi connectivity index (χ3v) is 4.57. The second kappa shape index (κ2) is 6.09. The van der Waals surface area contributed by atoms with Crippen LogP contribution in [0.1, 0.15) is 28.6 Å². The summed E-state index contributed by atoms with van der Waals surface area (Å²) < 4.78 is 5.60. The molecule has 0 radical (unpaired) electrons. The summed E-state index contributed by atoms with van der Waals surface area (Å²) in [5, 5.41) is 3.78. The Balaban J connectivity index is 1.55. The average Bonchev–Trinajstić information content (AvgIpc) is 3.05. The van der Waals surface area contributed by atoms with E-state index in [1.165, 1.54) is 5.56 Å². The molecule has 4 rings (SSSR count). The second-order valence-electron chi connectivity index (χ2n) is 6.28. The van der Waals surface area contributed by atoms with E-state index >= 15 is 0 Å². The largest absolute Gasteiger partial charge is 0.451 e. The summed E-state index contributed by atoms with van der Waals surface area (Å²) >= 11 is 0. The minimum Gasteiger partial charge on any atom is -0.451 e. The first-order chi connectivity index (χ1) is 12.1. The molecule has 2 heterocycles. The first-order valence-electron chi connectivity index (χ1n) is 8.27. The summed E-state index contributed by atoms with van der Waals surface area (Å²) in [7, 11) is 0. The highest BCUT2D eigenvalue weighted by Crippen LogP contribution is 2.24. The van der Waals surface area contributed by atoms with E-state index in [1.807, 2.05) is 47.4 Å². The van der Waals surface area contributed by atoms with E-state index in [0.717, 1.165) is 23.9 Å². The van der Waals surface area contributed by atoms with Gasteiger partial charge in [-0.1, -0.05) is 24.3 Å². The monoisotopic (exact) mass is 334 g/mol. The van der Waals surface area contributed by atoms with E-state index in [2.05, 4.69) is 5.32 Å². The van der Waals surface area contributed by atoms with Crippen molar-refractivity contribution in [3.8, 4) is 0 Å². The summed E-state index contributed by atoms with van der Waals surface area (Å²) in [6.45, 7) is 2.91. The Kier molecular flexibility index (Phi) is 3.76. The molecule has 1 aliphatic rings. The Labute approximate surface area is 145 Å². The summed E-state index contributed by atoms with van der Waals surface area (Å²) in [5.41, 5.74) is 3.69. The number of rotatable bonds is 2. The van der Waals surface area contributed by atoms with E-state index in [-0.39, 0.29) is 17.6 Å². The molecule has 3 aromatic rings. The van der Waals surface area contributed by atoms with E-state index in [9.17, 15) is 9.59 Å². The Morgan fingerprint density at radius 3 is 2.72 bits per heavy atom. The number of furan rings is 1. The van der Waals surface area contributed by atoms with Crippen molar-refractivity contribution in [3.63, 3.8) is 0 Å². The van der Waals surface area contributed by atoms with Crippen LogP contribution in [0.15, 0.2) is 52.9 Å². The number of anilines is 1. The normalized spacial score (nSPS) is 13.6. The average molecular weight is 334 g/mol. The lowest BCUT2D eigenvalue weighted by atomic mass is 9.99. The summed E-state index contributed by atoms with van der Waals surface area (Å²) in [6.07, 6.45) is 0.840. The van der Waals surface area contributed by atoms with E-state index in [4.69, 9.17) is 4.42 Å². The molecule has 126 valence electrons. The van der Waals surface area contributed by atoms with Crippen LogP contribution >= 0.6 is 0 Å². The fourth-order valence-corrected chi connectivity index (χ4v) is 3.19.